The Bertz CT molecular complexity index is 1210. The third kappa shape index (κ3) is 3.73. The van der Waals surface area contributed by atoms with Gasteiger partial charge in [0, 0.05) is 36.2 Å². The lowest BCUT2D eigenvalue weighted by Crippen LogP contribution is -2.46. The van der Waals surface area contributed by atoms with E-state index in [-0.39, 0.29) is 30.6 Å². The number of carbonyl (C=O) groups excluding carboxylic acids is 1. The van der Waals surface area contributed by atoms with Crippen LogP contribution in [0, 0.1) is 23.2 Å². The largest absolute Gasteiger partial charge is 0.454 e. The Balaban J connectivity index is 1.26. The van der Waals surface area contributed by atoms with Gasteiger partial charge in [-0.15, -0.1) is 0 Å². The van der Waals surface area contributed by atoms with Crippen LogP contribution in [0.4, 0.5) is 0 Å². The minimum Gasteiger partial charge on any atom is -0.454 e. The lowest BCUT2D eigenvalue weighted by atomic mass is 9.74. The highest BCUT2D eigenvalue weighted by molar-refractivity contribution is 5.95. The SMILES string of the molecule is N=C(N)c1ccc([C@@H]2[C@@H]3C(=O)N(Cc4ccc5c(c4)OCO5)[C@@H](C4CCCCC4)[C@@H]3[C@H]3CCCN32)cc1. The summed E-state index contributed by atoms with van der Waals surface area (Å²) in [5.41, 5.74) is 8.77. The van der Waals surface area contributed by atoms with E-state index in [9.17, 15) is 4.79 Å². The molecule has 2 aromatic rings. The number of hydrogen-bond donors (Lipinski definition) is 2. The zero-order valence-corrected chi connectivity index (χ0v) is 21.3. The van der Waals surface area contributed by atoms with E-state index in [4.69, 9.17) is 20.6 Å². The summed E-state index contributed by atoms with van der Waals surface area (Å²) in [6.07, 6.45) is 8.69. The first-order valence-electron chi connectivity index (χ1n) is 14.0. The van der Waals surface area contributed by atoms with Crippen LogP contribution < -0.4 is 15.2 Å². The minimum absolute atomic E-state index is 0.0191. The van der Waals surface area contributed by atoms with Crippen molar-refractivity contribution >= 4 is 11.7 Å². The zero-order chi connectivity index (χ0) is 25.1. The van der Waals surface area contributed by atoms with Crippen molar-refractivity contribution in [3.05, 3.63) is 59.2 Å². The van der Waals surface area contributed by atoms with Crippen LogP contribution in [0.1, 0.15) is 67.7 Å². The van der Waals surface area contributed by atoms with Crippen molar-refractivity contribution in [1.29, 1.82) is 5.41 Å². The highest BCUT2D eigenvalue weighted by Gasteiger charge is 2.63. The Morgan fingerprint density at radius 3 is 2.54 bits per heavy atom. The normalized spacial score (nSPS) is 31.1. The number of amides is 1. The molecule has 4 aliphatic heterocycles. The summed E-state index contributed by atoms with van der Waals surface area (Å²) < 4.78 is 11.2. The maximum atomic E-state index is 14.5. The molecule has 4 fully saturated rings. The molecular weight excluding hydrogens is 464 g/mol. The first kappa shape index (κ1) is 23.1. The fourth-order valence-electron chi connectivity index (χ4n) is 8.24. The van der Waals surface area contributed by atoms with Gasteiger partial charge in [0.25, 0.3) is 0 Å². The van der Waals surface area contributed by atoms with Crippen LogP contribution in [0.5, 0.6) is 11.5 Å². The maximum Gasteiger partial charge on any atom is 0.231 e. The molecule has 194 valence electrons. The number of nitrogen functional groups attached to an aromatic ring is 1. The molecule has 0 unspecified atom stereocenters. The quantitative estimate of drug-likeness (QED) is 0.468. The number of carbonyl (C=O) groups is 1. The van der Waals surface area contributed by atoms with Gasteiger partial charge in [-0.2, -0.15) is 0 Å². The Morgan fingerprint density at radius 1 is 0.973 bits per heavy atom. The lowest BCUT2D eigenvalue weighted by molar-refractivity contribution is -0.134. The molecule has 2 aromatic carbocycles. The topological polar surface area (TPSA) is 91.9 Å². The predicted octanol–water partition coefficient (Wildman–Crippen LogP) is 4.44. The van der Waals surface area contributed by atoms with Crippen LogP contribution >= 0.6 is 0 Å². The van der Waals surface area contributed by atoms with Gasteiger partial charge in [0.1, 0.15) is 5.84 Å². The first-order chi connectivity index (χ1) is 18.1. The molecule has 1 aliphatic carbocycles. The van der Waals surface area contributed by atoms with Crippen molar-refractivity contribution < 1.29 is 14.3 Å². The molecule has 0 bridgehead atoms. The zero-order valence-electron chi connectivity index (χ0n) is 21.3. The summed E-state index contributed by atoms with van der Waals surface area (Å²) in [6.45, 7) is 1.95. The van der Waals surface area contributed by atoms with E-state index in [1.807, 2.05) is 18.2 Å². The molecule has 37 heavy (non-hydrogen) atoms. The summed E-state index contributed by atoms with van der Waals surface area (Å²) in [5, 5.41) is 7.79. The van der Waals surface area contributed by atoms with E-state index < -0.39 is 0 Å². The van der Waals surface area contributed by atoms with Gasteiger partial charge in [-0.1, -0.05) is 49.6 Å². The molecule has 5 atom stereocenters. The molecular formula is C30H36N4O3. The van der Waals surface area contributed by atoms with Gasteiger partial charge < -0.3 is 20.1 Å². The van der Waals surface area contributed by atoms with Crippen LogP contribution in [0.15, 0.2) is 42.5 Å². The fraction of sp³-hybridized carbons (Fsp3) is 0.533. The lowest BCUT2D eigenvalue weighted by Gasteiger charge is -2.39. The van der Waals surface area contributed by atoms with E-state index >= 15 is 0 Å². The van der Waals surface area contributed by atoms with Gasteiger partial charge in [-0.05, 0) is 61.4 Å². The number of nitrogens with zero attached hydrogens (tertiary/aromatic N) is 2. The third-order valence-electron chi connectivity index (χ3n) is 9.71. The number of benzene rings is 2. The molecule has 1 saturated carbocycles. The van der Waals surface area contributed by atoms with Crippen molar-refractivity contribution in [2.24, 2.45) is 23.5 Å². The molecule has 1 amide bonds. The molecule has 0 aromatic heterocycles. The molecule has 0 spiro atoms. The minimum atomic E-state index is -0.0191. The van der Waals surface area contributed by atoms with Crippen molar-refractivity contribution in [2.45, 2.75) is 69.6 Å². The van der Waals surface area contributed by atoms with Crippen molar-refractivity contribution in [1.82, 2.24) is 9.80 Å². The maximum absolute atomic E-state index is 14.5. The molecule has 3 saturated heterocycles. The molecule has 7 rings (SSSR count). The van der Waals surface area contributed by atoms with E-state index in [1.54, 1.807) is 0 Å². The number of ether oxygens (including phenoxy) is 2. The number of nitrogens with two attached hydrogens (primary N) is 1. The summed E-state index contributed by atoms with van der Waals surface area (Å²) in [4.78, 5) is 19.4. The monoisotopic (exact) mass is 500 g/mol. The Labute approximate surface area is 218 Å². The number of amidine groups is 1. The van der Waals surface area contributed by atoms with Crippen molar-refractivity contribution in [3.8, 4) is 11.5 Å². The average molecular weight is 501 g/mol. The number of nitrogens with one attached hydrogen (secondary N) is 1. The molecule has 7 nitrogen and oxygen atoms in total. The van der Waals surface area contributed by atoms with E-state index in [0.29, 0.717) is 30.3 Å². The highest BCUT2D eigenvalue weighted by Crippen LogP contribution is 2.57. The Hall–Kier alpha value is -3.06. The van der Waals surface area contributed by atoms with Crippen LogP contribution in [0.25, 0.3) is 0 Å². The van der Waals surface area contributed by atoms with Crippen LogP contribution in [-0.4, -0.2) is 47.0 Å². The van der Waals surface area contributed by atoms with Crippen LogP contribution in [0.3, 0.4) is 0 Å². The van der Waals surface area contributed by atoms with Gasteiger partial charge in [0.2, 0.25) is 12.7 Å². The number of hydrogen-bond acceptors (Lipinski definition) is 5. The Kier molecular flexibility index (Phi) is 5.65. The van der Waals surface area contributed by atoms with Crippen molar-refractivity contribution in [2.75, 3.05) is 13.3 Å². The molecule has 3 N–H and O–H groups in total. The first-order valence-corrected chi connectivity index (χ1v) is 14.0. The van der Waals surface area contributed by atoms with Gasteiger partial charge >= 0.3 is 0 Å². The summed E-state index contributed by atoms with van der Waals surface area (Å²) in [7, 11) is 0. The Morgan fingerprint density at radius 2 is 1.76 bits per heavy atom. The number of likely N-dealkylation sites (tertiary alicyclic amines) is 1. The van der Waals surface area contributed by atoms with E-state index in [1.165, 1.54) is 50.5 Å². The molecule has 0 radical (unpaired) electrons. The van der Waals surface area contributed by atoms with Gasteiger partial charge in [0.05, 0.1) is 5.92 Å². The number of fused-ring (bicyclic) bond motifs is 4. The summed E-state index contributed by atoms with van der Waals surface area (Å²) in [5.74, 6) is 2.88. The van der Waals surface area contributed by atoms with Crippen LogP contribution in [-0.2, 0) is 11.3 Å². The second-order valence-corrected chi connectivity index (χ2v) is 11.6. The second-order valence-electron chi connectivity index (χ2n) is 11.6. The molecule has 4 heterocycles. The average Bonchev–Trinajstić information content (AvgIpc) is 3.68. The summed E-state index contributed by atoms with van der Waals surface area (Å²) in [6, 6.07) is 15.1. The summed E-state index contributed by atoms with van der Waals surface area (Å²) >= 11 is 0. The predicted molar refractivity (Wildman–Crippen MR) is 140 cm³/mol. The standard InChI is InChI=1S/C30H36N4O3/c31-29(32)21-11-9-20(10-12-21)28-26-25(22-7-4-14-33(22)28)27(19-5-2-1-3-6-19)34(30(26)35)16-18-8-13-23-24(15-18)37-17-36-23/h8-13,15,19,22,25-28H,1-7,14,16-17H2,(H3,31,32)/t22-,25-,26-,27+,28-/m1/s1. The third-order valence-corrected chi connectivity index (χ3v) is 9.71. The molecule has 5 aliphatic rings. The van der Waals surface area contributed by atoms with Crippen molar-refractivity contribution in [3.63, 3.8) is 0 Å². The van der Waals surface area contributed by atoms with Gasteiger partial charge in [0.15, 0.2) is 11.5 Å². The molecule has 7 heteroatoms. The van der Waals surface area contributed by atoms with E-state index in [2.05, 4.69) is 34.1 Å². The fourth-order valence-corrected chi connectivity index (χ4v) is 8.24. The van der Waals surface area contributed by atoms with Crippen LogP contribution in [0.2, 0.25) is 0 Å². The van der Waals surface area contributed by atoms with Gasteiger partial charge in [-0.25, -0.2) is 0 Å². The van der Waals surface area contributed by atoms with Gasteiger partial charge in [-0.3, -0.25) is 15.1 Å². The highest BCUT2D eigenvalue weighted by atomic mass is 16.7. The smallest absolute Gasteiger partial charge is 0.231 e. The van der Waals surface area contributed by atoms with E-state index in [0.717, 1.165) is 29.2 Å². The second kappa shape index (κ2) is 9.05. The number of rotatable bonds is 5.